The fourth-order valence-electron chi connectivity index (χ4n) is 3.34. The molecule has 0 radical (unpaired) electrons. The van der Waals surface area contributed by atoms with E-state index in [1.807, 2.05) is 26.0 Å². The van der Waals surface area contributed by atoms with Gasteiger partial charge in [-0.1, -0.05) is 35.9 Å². The van der Waals surface area contributed by atoms with Gasteiger partial charge in [0.2, 0.25) is 5.91 Å². The minimum absolute atomic E-state index is 0.164. The fourth-order valence-corrected chi connectivity index (χ4v) is 4.83. The zero-order chi connectivity index (χ0) is 21.6. The zero-order valence-electron chi connectivity index (χ0n) is 17.5. The van der Waals surface area contributed by atoms with Crippen LogP contribution >= 0.6 is 0 Å². The van der Waals surface area contributed by atoms with Crippen LogP contribution in [-0.2, 0) is 19.6 Å². The van der Waals surface area contributed by atoms with E-state index in [1.54, 1.807) is 36.4 Å². The molecule has 0 unspecified atom stereocenters. The number of amides is 1. The third-order valence-corrected chi connectivity index (χ3v) is 6.91. The summed E-state index contributed by atoms with van der Waals surface area (Å²) >= 11 is 0. The molecule has 1 heterocycles. The minimum Gasteiger partial charge on any atom is -0.379 e. The van der Waals surface area contributed by atoms with E-state index in [1.165, 1.54) is 4.31 Å². The maximum absolute atomic E-state index is 13.4. The van der Waals surface area contributed by atoms with Gasteiger partial charge in [0.05, 0.1) is 23.8 Å². The van der Waals surface area contributed by atoms with Crippen LogP contribution in [0.1, 0.15) is 11.1 Å². The van der Waals surface area contributed by atoms with Crippen molar-refractivity contribution in [3.63, 3.8) is 0 Å². The largest absolute Gasteiger partial charge is 0.379 e. The van der Waals surface area contributed by atoms with Crippen LogP contribution in [0, 0.1) is 13.8 Å². The summed E-state index contributed by atoms with van der Waals surface area (Å²) in [5, 5.41) is 2.85. The molecule has 8 heteroatoms. The Morgan fingerprint density at radius 2 is 1.73 bits per heavy atom. The van der Waals surface area contributed by atoms with Gasteiger partial charge in [0.25, 0.3) is 10.0 Å². The number of morpholine rings is 1. The van der Waals surface area contributed by atoms with Crippen LogP contribution in [0.5, 0.6) is 0 Å². The number of carbonyl (C=O) groups excluding carboxylic acids is 1. The second-order valence-electron chi connectivity index (χ2n) is 7.42. The average Bonchev–Trinajstić information content (AvgIpc) is 2.74. The number of benzene rings is 2. The predicted octanol–water partition coefficient (Wildman–Crippen LogP) is 1.95. The Hall–Kier alpha value is -2.42. The lowest BCUT2D eigenvalue weighted by molar-refractivity contribution is -0.119. The lowest BCUT2D eigenvalue weighted by atomic mass is 10.2. The molecular formula is C22H29N3O4S. The van der Waals surface area contributed by atoms with Crippen LogP contribution in [-0.4, -0.2) is 65.2 Å². The highest BCUT2D eigenvalue weighted by Crippen LogP contribution is 2.26. The standard InChI is InChI=1S/C22H29N3O4S/c1-18-7-9-20(10-8-18)30(27,28)25(21-6-4-3-5-19(21)2)17-22(26)23-11-12-24-13-15-29-16-14-24/h3-10H,11-17H2,1-2H3,(H,23,26). The van der Waals surface area contributed by atoms with Gasteiger partial charge in [-0.25, -0.2) is 8.42 Å². The molecule has 0 aromatic heterocycles. The van der Waals surface area contributed by atoms with Gasteiger partial charge in [0.15, 0.2) is 0 Å². The van der Waals surface area contributed by atoms with Gasteiger partial charge >= 0.3 is 0 Å². The molecule has 1 aliphatic heterocycles. The topological polar surface area (TPSA) is 79.0 Å². The number of aryl methyl sites for hydroxylation is 2. The summed E-state index contributed by atoms with van der Waals surface area (Å²) in [5.41, 5.74) is 2.26. The molecule has 3 rings (SSSR count). The Bertz CT molecular complexity index is 955. The summed E-state index contributed by atoms with van der Waals surface area (Å²) < 4.78 is 33.3. The van der Waals surface area contributed by atoms with Crippen LogP contribution in [0.2, 0.25) is 0 Å². The Morgan fingerprint density at radius 3 is 2.40 bits per heavy atom. The van der Waals surface area contributed by atoms with Crippen molar-refractivity contribution in [1.82, 2.24) is 10.2 Å². The van der Waals surface area contributed by atoms with Crippen LogP contribution in [0.25, 0.3) is 0 Å². The molecule has 1 fully saturated rings. The van der Waals surface area contributed by atoms with Gasteiger partial charge in [-0.2, -0.15) is 0 Å². The summed E-state index contributed by atoms with van der Waals surface area (Å²) in [7, 11) is -3.89. The van der Waals surface area contributed by atoms with E-state index in [2.05, 4.69) is 10.2 Å². The van der Waals surface area contributed by atoms with E-state index in [9.17, 15) is 13.2 Å². The molecule has 1 saturated heterocycles. The van der Waals surface area contributed by atoms with Gasteiger partial charge in [0.1, 0.15) is 6.54 Å². The van der Waals surface area contributed by atoms with Crippen molar-refractivity contribution < 1.29 is 17.9 Å². The SMILES string of the molecule is Cc1ccc(S(=O)(=O)N(CC(=O)NCCN2CCOCC2)c2ccccc2C)cc1. The summed E-state index contributed by atoms with van der Waals surface area (Å²) in [6.45, 7) is 7.72. The Labute approximate surface area is 178 Å². The summed E-state index contributed by atoms with van der Waals surface area (Å²) in [4.78, 5) is 15.0. The van der Waals surface area contributed by atoms with Crippen molar-refractivity contribution in [2.75, 3.05) is 50.2 Å². The van der Waals surface area contributed by atoms with E-state index in [4.69, 9.17) is 4.74 Å². The second-order valence-corrected chi connectivity index (χ2v) is 9.28. The number of nitrogens with one attached hydrogen (secondary N) is 1. The molecular weight excluding hydrogens is 402 g/mol. The molecule has 30 heavy (non-hydrogen) atoms. The monoisotopic (exact) mass is 431 g/mol. The van der Waals surface area contributed by atoms with Crippen molar-refractivity contribution in [2.45, 2.75) is 18.7 Å². The number of anilines is 1. The molecule has 162 valence electrons. The lowest BCUT2D eigenvalue weighted by Crippen LogP contribution is -2.45. The Kier molecular flexibility index (Phi) is 7.47. The van der Waals surface area contributed by atoms with E-state index < -0.39 is 10.0 Å². The first-order valence-electron chi connectivity index (χ1n) is 10.1. The second kappa shape index (κ2) is 10.1. The molecule has 0 bridgehead atoms. The van der Waals surface area contributed by atoms with Crippen molar-refractivity contribution >= 4 is 21.6 Å². The number of carbonyl (C=O) groups is 1. The number of sulfonamides is 1. The summed E-state index contributed by atoms with van der Waals surface area (Å²) in [5.74, 6) is -0.331. The number of hydrogen-bond acceptors (Lipinski definition) is 5. The molecule has 2 aromatic rings. The third-order valence-electron chi connectivity index (χ3n) is 5.13. The van der Waals surface area contributed by atoms with Gasteiger partial charge < -0.3 is 10.1 Å². The van der Waals surface area contributed by atoms with E-state index >= 15 is 0 Å². The minimum atomic E-state index is -3.89. The van der Waals surface area contributed by atoms with Gasteiger partial charge in [-0.3, -0.25) is 14.0 Å². The number of para-hydroxylation sites is 1. The first-order chi connectivity index (χ1) is 14.4. The van der Waals surface area contributed by atoms with E-state index in [-0.39, 0.29) is 17.3 Å². The van der Waals surface area contributed by atoms with Gasteiger partial charge in [0, 0.05) is 26.2 Å². The molecule has 1 amide bonds. The van der Waals surface area contributed by atoms with Crippen LogP contribution in [0.15, 0.2) is 53.4 Å². The van der Waals surface area contributed by atoms with Crippen molar-refractivity contribution in [2.24, 2.45) is 0 Å². The van der Waals surface area contributed by atoms with E-state index in [0.717, 1.165) is 24.2 Å². The maximum atomic E-state index is 13.4. The Morgan fingerprint density at radius 1 is 1.07 bits per heavy atom. The Balaban J connectivity index is 1.75. The molecule has 1 aliphatic rings. The number of rotatable bonds is 8. The summed E-state index contributed by atoms with van der Waals surface area (Å²) in [6.07, 6.45) is 0. The van der Waals surface area contributed by atoms with Crippen molar-refractivity contribution in [1.29, 1.82) is 0 Å². The van der Waals surface area contributed by atoms with Gasteiger partial charge in [-0.15, -0.1) is 0 Å². The highest BCUT2D eigenvalue weighted by molar-refractivity contribution is 7.92. The predicted molar refractivity (Wildman–Crippen MR) is 117 cm³/mol. The average molecular weight is 432 g/mol. The normalized spacial score (nSPS) is 15.0. The molecule has 2 aromatic carbocycles. The van der Waals surface area contributed by atoms with Crippen molar-refractivity contribution in [3.05, 3.63) is 59.7 Å². The van der Waals surface area contributed by atoms with Gasteiger partial charge in [-0.05, 0) is 37.6 Å². The van der Waals surface area contributed by atoms with Crippen molar-refractivity contribution in [3.8, 4) is 0 Å². The molecule has 0 atom stereocenters. The maximum Gasteiger partial charge on any atom is 0.264 e. The number of hydrogen-bond donors (Lipinski definition) is 1. The quantitative estimate of drug-likeness (QED) is 0.691. The van der Waals surface area contributed by atoms with Crippen LogP contribution in [0.3, 0.4) is 0 Å². The number of ether oxygens (including phenoxy) is 1. The third kappa shape index (κ3) is 5.59. The molecule has 1 N–H and O–H groups in total. The lowest BCUT2D eigenvalue weighted by Gasteiger charge is -2.27. The number of nitrogens with zero attached hydrogens (tertiary/aromatic N) is 2. The smallest absolute Gasteiger partial charge is 0.264 e. The molecule has 0 saturated carbocycles. The molecule has 0 spiro atoms. The highest BCUT2D eigenvalue weighted by Gasteiger charge is 2.28. The molecule has 7 nitrogen and oxygen atoms in total. The fraction of sp³-hybridized carbons (Fsp3) is 0.409. The van der Waals surface area contributed by atoms with Crippen LogP contribution in [0.4, 0.5) is 5.69 Å². The highest BCUT2D eigenvalue weighted by atomic mass is 32.2. The van der Waals surface area contributed by atoms with E-state index in [0.29, 0.717) is 32.0 Å². The summed E-state index contributed by atoms with van der Waals surface area (Å²) in [6, 6.07) is 13.8. The first-order valence-corrected chi connectivity index (χ1v) is 11.5. The zero-order valence-corrected chi connectivity index (χ0v) is 18.3. The first kappa shape index (κ1) is 22.3. The van der Waals surface area contributed by atoms with Crippen LogP contribution < -0.4 is 9.62 Å². The molecule has 0 aliphatic carbocycles.